The SMILES string of the molecule is C[C@H]1O[C@@H](OC[C@H]2O[C@H](OC3=Cc4c(O)cc(O)cc4[OH+]C3c3ccc(O)c(O)c3)[C@H](O[C@@H]3O[C@H](CO)[C@@H](O)[C@H](O)[C@H]3O)[C@H](O)[C@@H]2O)[C@H](O)[C@@H](O)[C@H]1O. The van der Waals surface area contributed by atoms with Gasteiger partial charge in [0.15, 0.2) is 35.9 Å². The molecule has 294 valence electrons. The van der Waals surface area contributed by atoms with Crippen LogP contribution in [0.15, 0.2) is 36.1 Å². The van der Waals surface area contributed by atoms with Gasteiger partial charge < -0.3 is 99.5 Å². The number of hydrogen-bond donors (Lipinski definition) is 13. The van der Waals surface area contributed by atoms with Crippen LogP contribution in [0.1, 0.15) is 24.2 Å². The fourth-order valence-corrected chi connectivity index (χ4v) is 6.43. The number of phenolic OH excluding ortho intramolecular Hbond substituents is 4. The van der Waals surface area contributed by atoms with E-state index in [1.54, 1.807) is 0 Å². The van der Waals surface area contributed by atoms with E-state index in [0.29, 0.717) is 0 Å². The first-order chi connectivity index (χ1) is 25.1. The number of aromatic hydroxyl groups is 5. The molecule has 20 nitrogen and oxygen atoms in total. The fourth-order valence-electron chi connectivity index (χ4n) is 6.43. The van der Waals surface area contributed by atoms with Crippen molar-refractivity contribution in [1.29, 1.82) is 0 Å². The van der Waals surface area contributed by atoms with E-state index in [-0.39, 0.29) is 28.4 Å². The van der Waals surface area contributed by atoms with Crippen molar-refractivity contribution in [2.24, 2.45) is 0 Å². The van der Waals surface area contributed by atoms with Gasteiger partial charge in [-0.2, -0.15) is 0 Å². The third-order valence-electron chi connectivity index (χ3n) is 9.53. The molecule has 53 heavy (non-hydrogen) atoms. The molecule has 0 radical (unpaired) electrons. The maximum absolute atomic E-state index is 11.4. The van der Waals surface area contributed by atoms with E-state index in [4.69, 9.17) is 28.4 Å². The molecular weight excluding hydrogens is 716 g/mol. The Balaban J connectivity index is 1.34. The molecule has 0 aliphatic carbocycles. The van der Waals surface area contributed by atoms with Gasteiger partial charge in [-0.3, -0.25) is 0 Å². The van der Waals surface area contributed by atoms with Crippen LogP contribution in [0.4, 0.5) is 0 Å². The highest BCUT2D eigenvalue weighted by atomic mass is 16.8. The van der Waals surface area contributed by atoms with Crippen molar-refractivity contribution in [3.8, 4) is 28.7 Å². The van der Waals surface area contributed by atoms with Crippen LogP contribution < -0.4 is 0 Å². The molecule has 3 fully saturated rings. The summed E-state index contributed by atoms with van der Waals surface area (Å²) in [6, 6.07) is 5.98. The summed E-state index contributed by atoms with van der Waals surface area (Å²) in [6.45, 7) is -0.0329. The minimum Gasteiger partial charge on any atom is -0.571 e. The Kier molecular flexibility index (Phi) is 11.5. The zero-order valence-corrected chi connectivity index (χ0v) is 27.8. The third-order valence-corrected chi connectivity index (χ3v) is 9.53. The highest BCUT2D eigenvalue weighted by molar-refractivity contribution is 5.69. The molecular formula is C33H43O20+. The number of hydrogen-bond acceptors (Lipinski definition) is 19. The zero-order chi connectivity index (χ0) is 38.5. The monoisotopic (exact) mass is 759 g/mol. The van der Waals surface area contributed by atoms with Crippen molar-refractivity contribution in [2.75, 3.05) is 13.2 Å². The Morgan fingerprint density at radius 1 is 0.660 bits per heavy atom. The third kappa shape index (κ3) is 7.70. The van der Waals surface area contributed by atoms with E-state index in [9.17, 15) is 66.4 Å². The predicted molar refractivity (Wildman–Crippen MR) is 171 cm³/mol. The lowest BCUT2D eigenvalue weighted by molar-refractivity contribution is -0.369. The molecule has 4 aliphatic rings. The smallest absolute Gasteiger partial charge is 0.270 e. The topological polar surface area (TPSA) is 331 Å². The highest BCUT2D eigenvalue weighted by Crippen LogP contribution is 2.46. The van der Waals surface area contributed by atoms with E-state index in [1.165, 1.54) is 31.2 Å². The van der Waals surface area contributed by atoms with Gasteiger partial charge in [0, 0.05) is 12.1 Å². The van der Waals surface area contributed by atoms with Crippen molar-refractivity contribution < 1.29 is 99.5 Å². The van der Waals surface area contributed by atoms with Crippen LogP contribution in [-0.4, -0.2) is 176 Å². The summed E-state index contributed by atoms with van der Waals surface area (Å²) >= 11 is 0. The molecule has 3 saturated heterocycles. The van der Waals surface area contributed by atoms with Crippen LogP contribution in [0.25, 0.3) is 6.08 Å². The van der Waals surface area contributed by atoms with Crippen LogP contribution in [0.2, 0.25) is 0 Å². The summed E-state index contributed by atoms with van der Waals surface area (Å²) in [5.74, 6) is -1.82. The summed E-state index contributed by atoms with van der Waals surface area (Å²) in [6.07, 6.45) is -25.1. The number of phenols is 4. The predicted octanol–water partition coefficient (Wildman–Crippen LogP) is -3.66. The zero-order valence-electron chi connectivity index (χ0n) is 27.8. The molecule has 0 spiro atoms. The maximum atomic E-state index is 11.4. The van der Waals surface area contributed by atoms with Gasteiger partial charge in [0.05, 0.1) is 30.9 Å². The van der Waals surface area contributed by atoms with Crippen molar-refractivity contribution in [1.82, 2.24) is 0 Å². The van der Waals surface area contributed by atoms with Crippen LogP contribution >= 0.6 is 0 Å². The molecule has 14 N–H and O–H groups in total. The van der Waals surface area contributed by atoms with E-state index in [0.717, 1.165) is 12.1 Å². The number of aliphatic hydroxyl groups excluding tert-OH is 9. The summed E-state index contributed by atoms with van der Waals surface area (Å²) < 4.78 is 39.1. The lowest BCUT2D eigenvalue weighted by Gasteiger charge is -2.46. The molecule has 1 unspecified atom stereocenters. The molecule has 4 aliphatic heterocycles. The molecule has 2 aromatic carbocycles. The van der Waals surface area contributed by atoms with Crippen LogP contribution in [0, 0.1) is 0 Å². The van der Waals surface area contributed by atoms with E-state index >= 15 is 0 Å². The first-order valence-corrected chi connectivity index (χ1v) is 16.5. The van der Waals surface area contributed by atoms with Gasteiger partial charge >= 0.3 is 0 Å². The van der Waals surface area contributed by atoms with Crippen molar-refractivity contribution in [2.45, 2.75) is 105 Å². The Labute approximate surface area is 300 Å². The normalized spacial score (nSPS) is 40.2. The summed E-state index contributed by atoms with van der Waals surface area (Å²) in [5, 5.41) is 135. The minimum atomic E-state index is -1.98. The quantitative estimate of drug-likeness (QED) is 0.0865. The van der Waals surface area contributed by atoms with Gasteiger partial charge in [-0.05, 0) is 25.1 Å². The lowest BCUT2D eigenvalue weighted by Crippen LogP contribution is -2.65. The fraction of sp³-hybridized carbons (Fsp3) is 0.576. The number of aliphatic hydroxyl groups is 10. The summed E-state index contributed by atoms with van der Waals surface area (Å²) in [5.41, 5.74) is 0.263. The van der Waals surface area contributed by atoms with Crippen molar-refractivity contribution in [3.05, 3.63) is 47.2 Å². The first kappa shape index (κ1) is 39.1. The number of rotatable bonds is 9. The standard InChI is InChI=1S/C33H42O20/c1-10-21(39)24(42)27(45)31(48-10)47-9-20-23(41)26(44)30(53-32-28(46)25(43)22(40)19(8-34)51-32)33(52-20)50-18-7-13-15(37)5-12(35)6-17(13)49-29(18)11-2-3-14(36)16(38)4-11/h2-7,10,19-46H,8-9H2,1H3/p+1/t10-,19-,20-,21+,22-,23-,24+,25+,26-,27-,28-,29?,30-,31-,32+,33+/m1/s1. The van der Waals surface area contributed by atoms with Gasteiger partial charge in [-0.1, -0.05) is 0 Å². The van der Waals surface area contributed by atoms with Crippen LogP contribution in [0.5, 0.6) is 28.7 Å². The average molecular weight is 760 g/mol. The molecule has 0 amide bonds. The molecule has 4 heterocycles. The molecule has 20 heteroatoms. The van der Waals surface area contributed by atoms with E-state index in [1.807, 2.05) is 0 Å². The highest BCUT2D eigenvalue weighted by Gasteiger charge is 2.53. The largest absolute Gasteiger partial charge is 0.571 e. The summed E-state index contributed by atoms with van der Waals surface area (Å²) in [4.78, 5) is 0. The Morgan fingerprint density at radius 3 is 2.02 bits per heavy atom. The van der Waals surface area contributed by atoms with Gasteiger partial charge in [-0.15, -0.1) is 0 Å². The second-order valence-corrected chi connectivity index (χ2v) is 13.2. The maximum Gasteiger partial charge on any atom is 0.270 e. The molecule has 6 rings (SSSR count). The van der Waals surface area contributed by atoms with Gasteiger partial charge in [-0.25, -0.2) is 0 Å². The Hall–Kier alpha value is -3.58. The summed E-state index contributed by atoms with van der Waals surface area (Å²) in [7, 11) is 0. The number of ether oxygens (including phenoxy) is 7. The van der Waals surface area contributed by atoms with E-state index in [2.05, 4.69) is 4.74 Å². The Bertz CT molecular complexity index is 1620. The first-order valence-electron chi connectivity index (χ1n) is 16.5. The van der Waals surface area contributed by atoms with Crippen LogP contribution in [-0.2, 0) is 28.4 Å². The molecule has 2 aromatic rings. The average Bonchev–Trinajstić information content (AvgIpc) is 3.12. The molecule has 0 aromatic heterocycles. The molecule has 16 atom stereocenters. The Morgan fingerprint density at radius 2 is 1.32 bits per heavy atom. The van der Waals surface area contributed by atoms with Gasteiger partial charge in [0.25, 0.3) is 11.9 Å². The second-order valence-electron chi connectivity index (χ2n) is 13.2. The minimum absolute atomic E-state index is 0.0537. The van der Waals surface area contributed by atoms with Crippen molar-refractivity contribution in [3.63, 3.8) is 0 Å². The van der Waals surface area contributed by atoms with Gasteiger partial charge in [0.1, 0.15) is 78.1 Å². The second kappa shape index (κ2) is 15.6. The van der Waals surface area contributed by atoms with E-state index < -0.39 is 129 Å². The van der Waals surface area contributed by atoms with Gasteiger partial charge in [0.2, 0.25) is 6.29 Å². The van der Waals surface area contributed by atoms with Crippen LogP contribution in [0.3, 0.4) is 0 Å². The lowest BCUT2D eigenvalue weighted by atomic mass is 9.96. The number of fused-ring (bicyclic) bond motifs is 1. The molecule has 0 bridgehead atoms. The molecule has 0 saturated carbocycles. The van der Waals surface area contributed by atoms with Crippen molar-refractivity contribution >= 4 is 6.08 Å². The number of benzene rings is 2.